The Morgan fingerprint density at radius 3 is 2.74 bits per heavy atom. The molecule has 0 spiro atoms. The minimum Gasteiger partial charge on any atom is -0.399 e. The highest BCUT2D eigenvalue weighted by Gasteiger charge is 2.27. The smallest absolute Gasteiger partial charge is 0.222 e. The molecule has 2 rings (SSSR count). The summed E-state index contributed by atoms with van der Waals surface area (Å²) < 4.78 is 13.3. The first kappa shape index (κ1) is 13.8. The van der Waals surface area contributed by atoms with Crippen LogP contribution in [-0.4, -0.2) is 17.4 Å². The zero-order chi connectivity index (χ0) is 14.0. The lowest BCUT2D eigenvalue weighted by Gasteiger charge is -2.23. The van der Waals surface area contributed by atoms with Crippen molar-refractivity contribution in [2.24, 2.45) is 5.41 Å². The Balaban J connectivity index is 2.11. The fourth-order valence-electron chi connectivity index (χ4n) is 2.45. The van der Waals surface area contributed by atoms with Crippen LogP contribution < -0.4 is 5.73 Å². The zero-order valence-electron chi connectivity index (χ0n) is 11.6. The molecule has 1 aromatic rings. The van der Waals surface area contributed by atoms with Crippen molar-refractivity contribution in [3.05, 3.63) is 29.6 Å². The molecule has 0 aliphatic carbocycles. The summed E-state index contributed by atoms with van der Waals surface area (Å²) in [5.41, 5.74) is 6.99. The molecule has 1 aliphatic rings. The van der Waals surface area contributed by atoms with Gasteiger partial charge >= 0.3 is 0 Å². The van der Waals surface area contributed by atoms with E-state index in [-0.39, 0.29) is 17.1 Å². The average molecular weight is 264 g/mol. The van der Waals surface area contributed by atoms with E-state index in [2.05, 4.69) is 13.8 Å². The van der Waals surface area contributed by atoms with Gasteiger partial charge in [-0.2, -0.15) is 0 Å². The molecule has 0 atom stereocenters. The van der Waals surface area contributed by atoms with Gasteiger partial charge in [0.1, 0.15) is 5.82 Å². The lowest BCUT2D eigenvalue weighted by Crippen LogP contribution is -2.30. The second-order valence-corrected chi connectivity index (χ2v) is 6.12. The van der Waals surface area contributed by atoms with Crippen LogP contribution in [0.3, 0.4) is 0 Å². The summed E-state index contributed by atoms with van der Waals surface area (Å²) in [4.78, 5) is 13.9. The molecule has 3 nitrogen and oxygen atoms in total. The molecule has 4 heteroatoms. The van der Waals surface area contributed by atoms with E-state index in [0.717, 1.165) is 24.9 Å². The number of anilines is 1. The number of likely N-dealkylation sites (tertiary alicyclic amines) is 1. The van der Waals surface area contributed by atoms with Crippen molar-refractivity contribution in [1.29, 1.82) is 0 Å². The van der Waals surface area contributed by atoms with Crippen LogP contribution in [-0.2, 0) is 11.3 Å². The molecule has 1 fully saturated rings. The molecule has 0 aromatic heterocycles. The van der Waals surface area contributed by atoms with E-state index >= 15 is 0 Å². The van der Waals surface area contributed by atoms with Crippen LogP contribution in [0, 0.1) is 11.2 Å². The van der Waals surface area contributed by atoms with Crippen LogP contribution >= 0.6 is 0 Å². The van der Waals surface area contributed by atoms with Gasteiger partial charge in [-0.3, -0.25) is 4.79 Å². The summed E-state index contributed by atoms with van der Waals surface area (Å²) in [6.45, 7) is 5.53. The number of benzene rings is 1. The SMILES string of the molecule is CC1(C)CCC(=O)N(Cc2cc(N)cc(F)c2)CC1. The van der Waals surface area contributed by atoms with Gasteiger partial charge in [0.15, 0.2) is 0 Å². The molecule has 1 heterocycles. The van der Waals surface area contributed by atoms with Crippen LogP contribution in [0.2, 0.25) is 0 Å². The van der Waals surface area contributed by atoms with E-state index in [1.165, 1.54) is 12.1 Å². The molecule has 19 heavy (non-hydrogen) atoms. The molecular formula is C15H21FN2O. The maximum absolute atomic E-state index is 13.3. The molecule has 0 radical (unpaired) electrons. The minimum absolute atomic E-state index is 0.147. The molecule has 1 saturated heterocycles. The molecular weight excluding hydrogens is 243 g/mol. The third-order valence-corrected chi connectivity index (χ3v) is 3.78. The third kappa shape index (κ3) is 3.69. The van der Waals surface area contributed by atoms with Crippen LogP contribution in [0.5, 0.6) is 0 Å². The first-order valence-electron chi connectivity index (χ1n) is 6.68. The summed E-state index contributed by atoms with van der Waals surface area (Å²) in [6.07, 6.45) is 2.45. The summed E-state index contributed by atoms with van der Waals surface area (Å²) in [5, 5.41) is 0. The van der Waals surface area contributed by atoms with Crippen LogP contribution in [0.1, 0.15) is 38.7 Å². The summed E-state index contributed by atoms with van der Waals surface area (Å²) in [6, 6.07) is 4.46. The lowest BCUT2D eigenvalue weighted by molar-refractivity contribution is -0.131. The second-order valence-electron chi connectivity index (χ2n) is 6.12. The molecule has 2 N–H and O–H groups in total. The van der Waals surface area contributed by atoms with Crippen LogP contribution in [0.15, 0.2) is 18.2 Å². The zero-order valence-corrected chi connectivity index (χ0v) is 11.6. The Morgan fingerprint density at radius 2 is 2.05 bits per heavy atom. The Labute approximate surface area is 113 Å². The number of carbonyl (C=O) groups is 1. The maximum atomic E-state index is 13.3. The highest BCUT2D eigenvalue weighted by molar-refractivity contribution is 5.76. The summed E-state index contributed by atoms with van der Waals surface area (Å²) >= 11 is 0. The number of hydrogen-bond donors (Lipinski definition) is 1. The highest BCUT2D eigenvalue weighted by atomic mass is 19.1. The van der Waals surface area contributed by atoms with Gasteiger partial charge in [0.05, 0.1) is 0 Å². The molecule has 104 valence electrons. The fourth-order valence-corrected chi connectivity index (χ4v) is 2.45. The van der Waals surface area contributed by atoms with E-state index in [0.29, 0.717) is 18.7 Å². The molecule has 1 aromatic carbocycles. The Kier molecular flexibility index (Phi) is 3.78. The van der Waals surface area contributed by atoms with Crippen molar-refractivity contribution >= 4 is 11.6 Å². The summed E-state index contributed by atoms with van der Waals surface area (Å²) in [7, 11) is 0. The predicted molar refractivity (Wildman–Crippen MR) is 73.9 cm³/mol. The van der Waals surface area contributed by atoms with E-state index < -0.39 is 0 Å². The third-order valence-electron chi connectivity index (χ3n) is 3.78. The fraction of sp³-hybridized carbons (Fsp3) is 0.533. The Morgan fingerprint density at radius 1 is 1.32 bits per heavy atom. The van der Waals surface area contributed by atoms with Gasteiger partial charge in [0.25, 0.3) is 0 Å². The van der Waals surface area contributed by atoms with E-state index in [4.69, 9.17) is 5.73 Å². The Hall–Kier alpha value is -1.58. The van der Waals surface area contributed by atoms with Gasteiger partial charge < -0.3 is 10.6 Å². The van der Waals surface area contributed by atoms with E-state index in [1.54, 1.807) is 6.07 Å². The van der Waals surface area contributed by atoms with Gasteiger partial charge in [-0.15, -0.1) is 0 Å². The number of halogens is 1. The number of hydrogen-bond acceptors (Lipinski definition) is 2. The number of nitrogen functional groups attached to an aromatic ring is 1. The van der Waals surface area contributed by atoms with Gasteiger partial charge in [0, 0.05) is 25.2 Å². The quantitative estimate of drug-likeness (QED) is 0.835. The monoisotopic (exact) mass is 264 g/mol. The van der Waals surface area contributed by atoms with Gasteiger partial charge in [-0.25, -0.2) is 4.39 Å². The van der Waals surface area contributed by atoms with Gasteiger partial charge in [0.2, 0.25) is 5.91 Å². The van der Waals surface area contributed by atoms with Crippen LogP contribution in [0.25, 0.3) is 0 Å². The highest BCUT2D eigenvalue weighted by Crippen LogP contribution is 2.30. The lowest BCUT2D eigenvalue weighted by atomic mass is 9.85. The topological polar surface area (TPSA) is 46.3 Å². The van der Waals surface area contributed by atoms with Crippen LogP contribution in [0.4, 0.5) is 10.1 Å². The van der Waals surface area contributed by atoms with Gasteiger partial charge in [-0.1, -0.05) is 13.8 Å². The molecule has 0 saturated carbocycles. The number of nitrogens with two attached hydrogens (primary N) is 1. The van der Waals surface area contributed by atoms with Crippen molar-refractivity contribution in [2.45, 2.75) is 39.7 Å². The second kappa shape index (κ2) is 5.19. The molecule has 0 bridgehead atoms. The number of nitrogens with zero attached hydrogens (tertiary/aromatic N) is 1. The number of carbonyl (C=O) groups excluding carboxylic acids is 1. The van der Waals surface area contributed by atoms with Crippen molar-refractivity contribution in [3.63, 3.8) is 0 Å². The number of amides is 1. The average Bonchev–Trinajstić information content (AvgIpc) is 2.41. The van der Waals surface area contributed by atoms with Crippen molar-refractivity contribution in [2.75, 3.05) is 12.3 Å². The Bertz CT molecular complexity index is 465. The van der Waals surface area contributed by atoms with E-state index in [9.17, 15) is 9.18 Å². The molecule has 1 aliphatic heterocycles. The van der Waals surface area contributed by atoms with Crippen molar-refractivity contribution in [1.82, 2.24) is 4.90 Å². The standard InChI is InChI=1S/C15H21FN2O/c1-15(2)4-3-14(19)18(6-5-15)10-11-7-12(16)9-13(17)8-11/h7-9H,3-6,10,17H2,1-2H3. The molecule has 1 amide bonds. The number of rotatable bonds is 2. The van der Waals surface area contributed by atoms with Gasteiger partial charge in [-0.05, 0) is 42.0 Å². The van der Waals surface area contributed by atoms with Crippen molar-refractivity contribution in [3.8, 4) is 0 Å². The molecule has 0 unspecified atom stereocenters. The maximum Gasteiger partial charge on any atom is 0.222 e. The van der Waals surface area contributed by atoms with E-state index in [1.807, 2.05) is 4.90 Å². The summed E-state index contributed by atoms with van der Waals surface area (Å²) in [5.74, 6) is -0.203. The van der Waals surface area contributed by atoms with Crippen molar-refractivity contribution < 1.29 is 9.18 Å². The minimum atomic E-state index is -0.349. The first-order valence-corrected chi connectivity index (χ1v) is 6.68. The predicted octanol–water partition coefficient (Wildman–Crippen LogP) is 2.95. The normalized spacial score (nSPS) is 19.3. The largest absolute Gasteiger partial charge is 0.399 e. The first-order chi connectivity index (χ1) is 8.85.